The molecule has 0 unspecified atom stereocenters. The van der Waals surface area contributed by atoms with Gasteiger partial charge in [0.05, 0.1) is 0 Å². The molecule has 0 aliphatic rings. The lowest BCUT2D eigenvalue weighted by Crippen LogP contribution is -2.11. The predicted octanol–water partition coefficient (Wildman–Crippen LogP) is 5.56. The van der Waals surface area contributed by atoms with Crippen molar-refractivity contribution >= 4 is 0 Å². The lowest BCUT2D eigenvalue weighted by Gasteiger charge is -2.20. The number of benzene rings is 1. The summed E-state index contributed by atoms with van der Waals surface area (Å²) in [5.74, 6) is 0. The van der Waals surface area contributed by atoms with Crippen LogP contribution in [0.25, 0.3) is 0 Å². The Hall–Kier alpha value is -1.63. The Kier molecular flexibility index (Phi) is 4.75. The van der Waals surface area contributed by atoms with E-state index in [1.165, 1.54) is 22.3 Å². The minimum atomic E-state index is 0.197. The molecule has 1 nitrogen and oxygen atoms in total. The minimum Gasteiger partial charge on any atom is -0.264 e. The third-order valence-electron chi connectivity index (χ3n) is 3.79. The molecular weight excluding hydrogens is 266 g/mol. The highest BCUT2D eigenvalue weighted by Gasteiger charge is 2.14. The molecule has 1 aromatic carbocycles. The van der Waals surface area contributed by atoms with Crippen molar-refractivity contribution in [2.24, 2.45) is 5.41 Å². The highest BCUT2D eigenvalue weighted by molar-refractivity contribution is 5.32. The van der Waals surface area contributed by atoms with Crippen molar-refractivity contribution in [1.29, 1.82) is 0 Å². The number of aromatic nitrogens is 1. The maximum Gasteiger partial charge on any atom is 0.0303 e. The second-order valence-corrected chi connectivity index (χ2v) is 8.57. The standard InChI is InChI=1S/C21H29N/c1-20(2,3)13-18-11-17(14-22-15-18)10-16-8-7-9-19(12-16)21(4,5)6/h7-9,11-12,14-15H,10,13H2,1-6H3. The molecular formula is C21H29N. The molecule has 22 heavy (non-hydrogen) atoms. The van der Waals surface area contributed by atoms with Crippen LogP contribution in [0, 0.1) is 5.41 Å². The van der Waals surface area contributed by atoms with Crippen LogP contribution in [0.3, 0.4) is 0 Å². The smallest absolute Gasteiger partial charge is 0.0303 e. The second-order valence-electron chi connectivity index (χ2n) is 8.57. The molecule has 0 N–H and O–H groups in total. The van der Waals surface area contributed by atoms with Crippen molar-refractivity contribution < 1.29 is 0 Å². The zero-order valence-electron chi connectivity index (χ0n) is 14.9. The first-order valence-corrected chi connectivity index (χ1v) is 8.16. The molecule has 0 radical (unpaired) electrons. The summed E-state index contributed by atoms with van der Waals surface area (Å²) in [6, 6.07) is 11.2. The molecule has 0 amide bonds. The molecule has 0 saturated carbocycles. The highest BCUT2D eigenvalue weighted by atomic mass is 14.6. The van der Waals surface area contributed by atoms with Crippen molar-refractivity contribution in [2.75, 3.05) is 0 Å². The third-order valence-corrected chi connectivity index (χ3v) is 3.79. The van der Waals surface area contributed by atoms with E-state index in [-0.39, 0.29) is 5.41 Å². The van der Waals surface area contributed by atoms with Gasteiger partial charge in [-0.05, 0) is 45.9 Å². The van der Waals surface area contributed by atoms with Crippen molar-refractivity contribution in [1.82, 2.24) is 4.98 Å². The number of hydrogen-bond acceptors (Lipinski definition) is 1. The first-order chi connectivity index (χ1) is 10.1. The summed E-state index contributed by atoms with van der Waals surface area (Å²) in [4.78, 5) is 4.44. The molecule has 0 aliphatic heterocycles. The van der Waals surface area contributed by atoms with Crippen molar-refractivity contribution in [3.8, 4) is 0 Å². The van der Waals surface area contributed by atoms with E-state index in [1.54, 1.807) is 0 Å². The zero-order valence-corrected chi connectivity index (χ0v) is 14.9. The SMILES string of the molecule is CC(C)(C)Cc1cncc(Cc2cccc(C(C)(C)C)c2)c1. The van der Waals surface area contributed by atoms with Crippen LogP contribution in [0.2, 0.25) is 0 Å². The Morgan fingerprint density at radius 3 is 2.14 bits per heavy atom. The zero-order chi connectivity index (χ0) is 16.4. The summed E-state index contributed by atoms with van der Waals surface area (Å²) in [6.07, 6.45) is 6.01. The van der Waals surface area contributed by atoms with Crippen molar-refractivity contribution in [3.63, 3.8) is 0 Å². The number of pyridine rings is 1. The van der Waals surface area contributed by atoms with Gasteiger partial charge in [0.2, 0.25) is 0 Å². The van der Waals surface area contributed by atoms with E-state index in [1.807, 2.05) is 12.4 Å². The lowest BCUT2D eigenvalue weighted by molar-refractivity contribution is 0.410. The van der Waals surface area contributed by atoms with Gasteiger partial charge in [-0.15, -0.1) is 0 Å². The molecule has 0 fully saturated rings. The van der Waals surface area contributed by atoms with Crippen LogP contribution in [0.4, 0.5) is 0 Å². The van der Waals surface area contributed by atoms with E-state index < -0.39 is 0 Å². The summed E-state index contributed by atoms with van der Waals surface area (Å²) >= 11 is 0. The van der Waals surface area contributed by atoms with Crippen LogP contribution in [-0.2, 0) is 18.3 Å². The largest absolute Gasteiger partial charge is 0.264 e. The lowest BCUT2D eigenvalue weighted by atomic mass is 9.85. The molecule has 0 saturated heterocycles. The minimum absolute atomic E-state index is 0.197. The molecule has 0 atom stereocenters. The third kappa shape index (κ3) is 4.98. The summed E-state index contributed by atoms with van der Waals surface area (Å²) in [5, 5.41) is 0. The number of nitrogens with zero attached hydrogens (tertiary/aromatic N) is 1. The van der Waals surface area contributed by atoms with E-state index >= 15 is 0 Å². The first kappa shape index (κ1) is 16.7. The Balaban J connectivity index is 2.19. The maximum atomic E-state index is 4.44. The summed E-state index contributed by atoms with van der Waals surface area (Å²) < 4.78 is 0. The van der Waals surface area contributed by atoms with Gasteiger partial charge < -0.3 is 0 Å². The Morgan fingerprint density at radius 1 is 0.818 bits per heavy atom. The topological polar surface area (TPSA) is 12.9 Å². The van der Waals surface area contributed by atoms with Crippen LogP contribution in [-0.4, -0.2) is 4.98 Å². The average molecular weight is 295 g/mol. The van der Waals surface area contributed by atoms with Crippen molar-refractivity contribution in [3.05, 3.63) is 65.0 Å². The molecule has 0 aliphatic carbocycles. The van der Waals surface area contributed by atoms with E-state index in [2.05, 4.69) is 76.9 Å². The molecule has 1 heterocycles. The molecule has 0 bridgehead atoms. The van der Waals surface area contributed by atoms with Crippen molar-refractivity contribution in [2.45, 2.75) is 59.8 Å². The van der Waals surface area contributed by atoms with E-state index in [4.69, 9.17) is 0 Å². The monoisotopic (exact) mass is 295 g/mol. The molecule has 0 spiro atoms. The van der Waals surface area contributed by atoms with Gasteiger partial charge >= 0.3 is 0 Å². The molecule has 2 rings (SSSR count). The van der Waals surface area contributed by atoms with Gasteiger partial charge in [0.1, 0.15) is 0 Å². The fraction of sp³-hybridized carbons (Fsp3) is 0.476. The van der Waals surface area contributed by atoms with E-state index in [9.17, 15) is 0 Å². The second kappa shape index (κ2) is 6.24. The Bertz CT molecular complexity index is 627. The van der Waals surface area contributed by atoms with E-state index in [0.29, 0.717) is 5.41 Å². The van der Waals surface area contributed by atoms with Gasteiger partial charge in [0.15, 0.2) is 0 Å². The number of hydrogen-bond donors (Lipinski definition) is 0. The van der Waals surface area contributed by atoms with Crippen LogP contribution >= 0.6 is 0 Å². The van der Waals surface area contributed by atoms with Gasteiger partial charge in [0, 0.05) is 12.4 Å². The summed E-state index contributed by atoms with van der Waals surface area (Å²) in [7, 11) is 0. The number of rotatable bonds is 3. The van der Waals surface area contributed by atoms with Gasteiger partial charge in [-0.3, -0.25) is 4.98 Å². The fourth-order valence-corrected chi connectivity index (χ4v) is 2.73. The predicted molar refractivity (Wildman–Crippen MR) is 95.3 cm³/mol. The Labute approximate surface area is 135 Å². The van der Waals surface area contributed by atoms with Crippen LogP contribution in [0.15, 0.2) is 42.7 Å². The van der Waals surface area contributed by atoms with Gasteiger partial charge in [-0.25, -0.2) is 0 Å². The highest BCUT2D eigenvalue weighted by Crippen LogP contribution is 2.24. The van der Waals surface area contributed by atoms with Gasteiger partial charge in [-0.2, -0.15) is 0 Å². The molecule has 118 valence electrons. The maximum absolute atomic E-state index is 4.44. The van der Waals surface area contributed by atoms with Crippen LogP contribution in [0.1, 0.15) is 63.8 Å². The summed E-state index contributed by atoms with van der Waals surface area (Å²) in [5.41, 5.74) is 5.88. The van der Waals surface area contributed by atoms with E-state index in [0.717, 1.165) is 12.8 Å². The normalized spacial score (nSPS) is 12.5. The first-order valence-electron chi connectivity index (χ1n) is 8.16. The molecule has 2 aromatic rings. The van der Waals surface area contributed by atoms with Gasteiger partial charge in [0.25, 0.3) is 0 Å². The molecule has 1 aromatic heterocycles. The van der Waals surface area contributed by atoms with Crippen LogP contribution < -0.4 is 0 Å². The average Bonchev–Trinajstić information content (AvgIpc) is 2.36. The van der Waals surface area contributed by atoms with Gasteiger partial charge in [-0.1, -0.05) is 71.9 Å². The van der Waals surface area contributed by atoms with Crippen LogP contribution in [0.5, 0.6) is 0 Å². The summed E-state index contributed by atoms with van der Waals surface area (Å²) in [6.45, 7) is 13.6. The molecule has 1 heteroatoms. The fourth-order valence-electron chi connectivity index (χ4n) is 2.73. The quantitative estimate of drug-likeness (QED) is 0.722. The Morgan fingerprint density at radius 2 is 1.50 bits per heavy atom.